The van der Waals surface area contributed by atoms with Gasteiger partial charge < -0.3 is 4.90 Å². The third-order valence-corrected chi connectivity index (χ3v) is 3.59. The number of hydrogen-bond acceptors (Lipinski definition) is 3. The van der Waals surface area contributed by atoms with E-state index in [2.05, 4.69) is 26.0 Å². The van der Waals surface area contributed by atoms with Crippen molar-refractivity contribution in [3.8, 4) is 0 Å². The monoisotopic (exact) mass is 342 g/mol. The van der Waals surface area contributed by atoms with Gasteiger partial charge in [-0.1, -0.05) is 27.5 Å². The number of likely N-dealkylation sites (N-methyl/N-ethyl adjacent to an activating group) is 1. The van der Waals surface area contributed by atoms with E-state index in [9.17, 15) is 4.79 Å². The van der Waals surface area contributed by atoms with Gasteiger partial charge in [-0.05, 0) is 25.1 Å². The van der Waals surface area contributed by atoms with Gasteiger partial charge in [-0.3, -0.25) is 4.79 Å². The Morgan fingerprint density at radius 3 is 2.84 bits per heavy atom. The lowest BCUT2D eigenvalue weighted by atomic mass is 10.2. The van der Waals surface area contributed by atoms with Crippen LogP contribution in [0.3, 0.4) is 0 Å². The van der Waals surface area contributed by atoms with E-state index in [1.54, 1.807) is 26.1 Å². The second kappa shape index (κ2) is 5.71. The van der Waals surface area contributed by atoms with E-state index in [1.165, 1.54) is 22.2 Å². The third kappa shape index (κ3) is 2.96. The number of rotatable bonds is 3. The molecule has 0 saturated carbocycles. The minimum absolute atomic E-state index is 0.116. The number of halogens is 2. The van der Waals surface area contributed by atoms with Crippen molar-refractivity contribution in [2.45, 2.75) is 13.0 Å². The summed E-state index contributed by atoms with van der Waals surface area (Å²) in [7, 11) is 1.69. The van der Waals surface area contributed by atoms with Crippen molar-refractivity contribution >= 4 is 39.1 Å². The van der Waals surface area contributed by atoms with E-state index in [0.29, 0.717) is 10.7 Å². The quantitative estimate of drug-likeness (QED) is 0.861. The predicted octanol–water partition coefficient (Wildman–Crippen LogP) is 2.92. The van der Waals surface area contributed by atoms with Crippen LogP contribution in [-0.2, 0) is 4.79 Å². The fourth-order valence-corrected chi connectivity index (χ4v) is 2.48. The fraction of sp³-hybridized carbons (Fsp3) is 0.250. The van der Waals surface area contributed by atoms with Gasteiger partial charge in [0.15, 0.2) is 0 Å². The maximum Gasteiger partial charge on any atom is 0.251 e. The summed E-state index contributed by atoms with van der Waals surface area (Å²) in [5, 5.41) is 4.48. The highest BCUT2D eigenvalue weighted by Crippen LogP contribution is 2.29. The average Bonchev–Trinajstić information content (AvgIpc) is 2.90. The van der Waals surface area contributed by atoms with Crippen molar-refractivity contribution in [3.63, 3.8) is 0 Å². The molecule has 0 saturated heterocycles. The van der Waals surface area contributed by atoms with Crippen LogP contribution >= 0.6 is 27.5 Å². The Balaban J connectivity index is 2.24. The van der Waals surface area contributed by atoms with E-state index >= 15 is 0 Å². The molecule has 2 aromatic rings. The van der Waals surface area contributed by atoms with E-state index < -0.39 is 6.04 Å². The van der Waals surface area contributed by atoms with Crippen LogP contribution in [0, 0.1) is 0 Å². The molecule has 0 fully saturated rings. The number of nitrogens with zero attached hydrogens (tertiary/aromatic N) is 4. The second-order valence-electron chi connectivity index (χ2n) is 4.04. The molecule has 1 unspecified atom stereocenters. The summed E-state index contributed by atoms with van der Waals surface area (Å²) in [5.41, 5.74) is 0.654. The zero-order valence-corrected chi connectivity index (χ0v) is 12.8. The van der Waals surface area contributed by atoms with E-state index in [1.807, 2.05) is 6.07 Å². The molecule has 0 radical (unpaired) electrons. The van der Waals surface area contributed by atoms with Crippen LogP contribution in [0.4, 0.5) is 5.69 Å². The number of aromatic nitrogens is 3. The standard InChI is InChI=1S/C12H12BrClN4O/c1-8(18-7-15-6-16-18)12(19)17(2)11-4-3-9(13)5-10(11)14/h3-8H,1-2H3. The molecule has 1 aromatic heterocycles. The second-order valence-corrected chi connectivity index (χ2v) is 5.37. The number of amides is 1. The van der Waals surface area contributed by atoms with Crippen molar-refractivity contribution in [2.24, 2.45) is 0 Å². The molecular formula is C12H12BrClN4O. The molecule has 1 aromatic carbocycles. The molecule has 1 amide bonds. The highest BCUT2D eigenvalue weighted by atomic mass is 79.9. The first kappa shape index (κ1) is 14.0. The summed E-state index contributed by atoms with van der Waals surface area (Å²) in [6.45, 7) is 1.76. The minimum atomic E-state index is -0.438. The smallest absolute Gasteiger partial charge is 0.251 e. The molecular weight excluding hydrogens is 332 g/mol. The Morgan fingerprint density at radius 2 is 2.26 bits per heavy atom. The molecule has 0 aliphatic rings. The molecule has 100 valence electrons. The number of hydrogen-bond donors (Lipinski definition) is 0. The third-order valence-electron chi connectivity index (χ3n) is 2.79. The van der Waals surface area contributed by atoms with Gasteiger partial charge in [0.1, 0.15) is 18.7 Å². The van der Waals surface area contributed by atoms with Gasteiger partial charge in [0, 0.05) is 11.5 Å². The summed E-state index contributed by atoms with van der Waals surface area (Å²) in [6.07, 6.45) is 2.91. The van der Waals surface area contributed by atoms with Gasteiger partial charge in [0.05, 0.1) is 10.7 Å². The van der Waals surface area contributed by atoms with E-state index in [0.717, 1.165) is 4.47 Å². The molecule has 7 heteroatoms. The molecule has 0 aliphatic heterocycles. The highest BCUT2D eigenvalue weighted by molar-refractivity contribution is 9.10. The van der Waals surface area contributed by atoms with Crippen LogP contribution in [-0.4, -0.2) is 27.7 Å². The normalized spacial score (nSPS) is 12.2. The molecule has 19 heavy (non-hydrogen) atoms. The Hall–Kier alpha value is -1.40. The van der Waals surface area contributed by atoms with Gasteiger partial charge in [0.2, 0.25) is 0 Å². The van der Waals surface area contributed by atoms with Crippen LogP contribution in [0.2, 0.25) is 5.02 Å². The van der Waals surface area contributed by atoms with Gasteiger partial charge >= 0.3 is 0 Å². The van der Waals surface area contributed by atoms with Gasteiger partial charge in [-0.25, -0.2) is 9.67 Å². The number of anilines is 1. The topological polar surface area (TPSA) is 51.0 Å². The summed E-state index contributed by atoms with van der Waals surface area (Å²) >= 11 is 9.47. The van der Waals surface area contributed by atoms with Crippen LogP contribution in [0.15, 0.2) is 35.3 Å². The van der Waals surface area contributed by atoms with Crippen molar-refractivity contribution in [1.82, 2.24) is 14.8 Å². The van der Waals surface area contributed by atoms with Crippen LogP contribution in [0.1, 0.15) is 13.0 Å². The first-order valence-electron chi connectivity index (χ1n) is 5.57. The number of carbonyl (C=O) groups is 1. The lowest BCUT2D eigenvalue weighted by molar-refractivity contribution is -0.121. The first-order chi connectivity index (χ1) is 9.00. The Morgan fingerprint density at radius 1 is 1.53 bits per heavy atom. The summed E-state index contributed by atoms with van der Waals surface area (Å²) in [5.74, 6) is -0.116. The van der Waals surface area contributed by atoms with Crippen LogP contribution in [0.25, 0.3) is 0 Å². The number of benzene rings is 1. The average molecular weight is 344 g/mol. The molecule has 0 spiro atoms. The van der Waals surface area contributed by atoms with Gasteiger partial charge in [0.25, 0.3) is 5.91 Å². The Bertz CT molecular complexity index is 587. The number of carbonyl (C=O) groups excluding carboxylic acids is 1. The lowest BCUT2D eigenvalue weighted by Gasteiger charge is -2.22. The maximum absolute atomic E-state index is 12.3. The summed E-state index contributed by atoms with van der Waals surface area (Å²) < 4.78 is 2.37. The molecule has 2 rings (SSSR count). The SMILES string of the molecule is CC(C(=O)N(C)c1ccc(Br)cc1Cl)n1cncn1. The first-order valence-corrected chi connectivity index (χ1v) is 6.74. The molecule has 0 bridgehead atoms. The van der Waals surface area contributed by atoms with E-state index in [4.69, 9.17) is 11.6 Å². The Kier molecular flexibility index (Phi) is 4.21. The maximum atomic E-state index is 12.3. The zero-order chi connectivity index (χ0) is 14.0. The lowest BCUT2D eigenvalue weighted by Crippen LogP contribution is -2.33. The largest absolute Gasteiger partial charge is 0.312 e. The van der Waals surface area contributed by atoms with Crippen LogP contribution in [0.5, 0.6) is 0 Å². The molecule has 5 nitrogen and oxygen atoms in total. The highest BCUT2D eigenvalue weighted by Gasteiger charge is 2.22. The minimum Gasteiger partial charge on any atom is -0.312 e. The van der Waals surface area contributed by atoms with Crippen LogP contribution < -0.4 is 4.90 Å². The zero-order valence-electron chi connectivity index (χ0n) is 10.4. The van der Waals surface area contributed by atoms with Gasteiger partial charge in [-0.15, -0.1) is 0 Å². The molecule has 1 heterocycles. The summed E-state index contributed by atoms with van der Waals surface area (Å²) in [6, 6.07) is 4.94. The Labute approximate surface area is 124 Å². The van der Waals surface area contributed by atoms with Crippen molar-refractivity contribution in [2.75, 3.05) is 11.9 Å². The van der Waals surface area contributed by atoms with E-state index in [-0.39, 0.29) is 5.91 Å². The molecule has 1 atom stereocenters. The predicted molar refractivity (Wildman–Crippen MR) is 77.3 cm³/mol. The van der Waals surface area contributed by atoms with Crippen molar-refractivity contribution in [3.05, 3.63) is 40.3 Å². The molecule has 0 aliphatic carbocycles. The van der Waals surface area contributed by atoms with Gasteiger partial charge in [-0.2, -0.15) is 5.10 Å². The van der Waals surface area contributed by atoms with Crippen molar-refractivity contribution in [1.29, 1.82) is 0 Å². The molecule has 0 N–H and O–H groups in total. The summed E-state index contributed by atoms with van der Waals surface area (Å²) in [4.78, 5) is 17.7. The fourth-order valence-electron chi connectivity index (χ4n) is 1.68. The van der Waals surface area contributed by atoms with Crippen molar-refractivity contribution < 1.29 is 4.79 Å².